The zero-order valence-electron chi connectivity index (χ0n) is 18.7. The molecular formula is C22H33N5O4. The predicted octanol–water partition coefficient (Wildman–Crippen LogP) is 3.10. The van der Waals surface area contributed by atoms with Gasteiger partial charge in [0.25, 0.3) is 6.47 Å². The molecule has 0 aliphatic carbocycles. The quantitative estimate of drug-likeness (QED) is 0.359. The summed E-state index contributed by atoms with van der Waals surface area (Å²) in [5.41, 5.74) is 2.66. The Morgan fingerprint density at radius 3 is 2.48 bits per heavy atom. The van der Waals surface area contributed by atoms with Gasteiger partial charge in [-0.25, -0.2) is 9.79 Å². The number of hydrogen-bond donors (Lipinski definition) is 3. The molecule has 2 amide bonds. The number of allylic oxidation sites excluding steroid dienone is 6. The molecule has 9 nitrogen and oxygen atoms in total. The number of aliphatic imine (C=N–C) groups is 2. The molecule has 0 radical (unpaired) electrons. The number of hydrogen-bond acceptors (Lipinski definition) is 6. The fourth-order valence-corrected chi connectivity index (χ4v) is 2.81. The minimum Gasteiger partial charge on any atom is -0.508 e. The summed E-state index contributed by atoms with van der Waals surface area (Å²) in [5.74, 6) is 0.960. The van der Waals surface area contributed by atoms with Crippen molar-refractivity contribution in [1.29, 1.82) is 0 Å². The van der Waals surface area contributed by atoms with Gasteiger partial charge in [0.05, 0.1) is 18.5 Å². The second-order valence-corrected chi connectivity index (χ2v) is 6.92. The molecule has 0 aromatic rings. The molecule has 9 heteroatoms. The molecule has 2 rings (SSSR count). The van der Waals surface area contributed by atoms with Crippen molar-refractivity contribution in [1.82, 2.24) is 15.1 Å². The number of carbonyl (C=O) groups is 2. The Hall–Kier alpha value is -3.36. The smallest absolute Gasteiger partial charge is 0.321 e. The standard InChI is InChI=1S/C21H31N5O2.CH2O2/c1-5-7-8-16(3)17(4)23-21(28)26-11-9-25(10-12-26)20-15-22-14-18(24-20)13-19(27)6-2;2-1-3/h6-8,13,15,27H,5,9-12,14H2,1-4H3,(H,23,28);1H,(H,2,3)/b8-7-,17-16+,18-13+,19-6+;. The molecule has 1 fully saturated rings. The average Bonchev–Trinajstić information content (AvgIpc) is 2.78. The molecule has 170 valence electrons. The maximum atomic E-state index is 12.5. The Labute approximate surface area is 183 Å². The van der Waals surface area contributed by atoms with Gasteiger partial charge in [-0.2, -0.15) is 0 Å². The monoisotopic (exact) mass is 431 g/mol. The van der Waals surface area contributed by atoms with Crippen LogP contribution in [0.25, 0.3) is 0 Å². The van der Waals surface area contributed by atoms with Crippen LogP contribution in [0.15, 0.2) is 57.0 Å². The minimum atomic E-state index is -0.250. The molecule has 0 spiro atoms. The number of aliphatic hydroxyl groups excluding tert-OH is 1. The summed E-state index contributed by atoms with van der Waals surface area (Å²) in [6.45, 7) is 10.6. The molecule has 0 saturated carbocycles. The first-order chi connectivity index (χ1) is 14.9. The number of nitrogens with zero attached hydrogens (tertiary/aromatic N) is 4. The number of carboxylic acid groups (broad SMARTS) is 1. The molecule has 0 atom stereocenters. The van der Waals surface area contributed by atoms with Crippen LogP contribution in [0.2, 0.25) is 0 Å². The number of amides is 2. The van der Waals surface area contributed by atoms with Gasteiger partial charge in [-0.15, -0.1) is 0 Å². The molecular weight excluding hydrogens is 398 g/mol. The summed E-state index contributed by atoms with van der Waals surface area (Å²) < 4.78 is 0. The van der Waals surface area contributed by atoms with E-state index in [1.54, 1.807) is 25.3 Å². The summed E-state index contributed by atoms with van der Waals surface area (Å²) in [7, 11) is 0. The van der Waals surface area contributed by atoms with E-state index in [9.17, 15) is 9.90 Å². The van der Waals surface area contributed by atoms with Crippen molar-refractivity contribution < 1.29 is 19.8 Å². The fourth-order valence-electron chi connectivity index (χ4n) is 2.81. The SMILES string of the molecule is C/C=C(O)\C=C1/CN=CC(N2CCN(C(=O)N/C(C)=C(C)/C=C\CC)CC2)=N1.O=CO. The zero-order chi connectivity index (χ0) is 23.2. The lowest BCUT2D eigenvalue weighted by molar-refractivity contribution is -0.122. The Balaban J connectivity index is 0.00000151. The van der Waals surface area contributed by atoms with Crippen molar-refractivity contribution in [3.8, 4) is 0 Å². The van der Waals surface area contributed by atoms with E-state index in [1.807, 2.05) is 24.8 Å². The van der Waals surface area contributed by atoms with E-state index >= 15 is 0 Å². The van der Waals surface area contributed by atoms with Gasteiger partial charge >= 0.3 is 6.03 Å². The van der Waals surface area contributed by atoms with E-state index < -0.39 is 0 Å². The molecule has 0 aromatic carbocycles. The van der Waals surface area contributed by atoms with Gasteiger partial charge in [0, 0.05) is 38.0 Å². The second-order valence-electron chi connectivity index (χ2n) is 6.92. The summed E-state index contributed by atoms with van der Waals surface area (Å²) in [4.78, 5) is 33.7. The molecule has 0 unspecified atom stereocenters. The third kappa shape index (κ3) is 8.90. The van der Waals surface area contributed by atoms with Crippen LogP contribution in [-0.4, -0.2) is 77.3 Å². The maximum Gasteiger partial charge on any atom is 0.321 e. The summed E-state index contributed by atoms with van der Waals surface area (Å²) in [6, 6.07) is -0.0701. The van der Waals surface area contributed by atoms with Crippen LogP contribution in [0.3, 0.4) is 0 Å². The van der Waals surface area contributed by atoms with Crippen LogP contribution >= 0.6 is 0 Å². The largest absolute Gasteiger partial charge is 0.508 e. The lowest BCUT2D eigenvalue weighted by Crippen LogP contribution is -2.53. The van der Waals surface area contributed by atoms with E-state index in [1.165, 1.54) is 0 Å². The molecule has 0 aromatic heterocycles. The number of amidine groups is 1. The highest BCUT2D eigenvalue weighted by atomic mass is 16.3. The van der Waals surface area contributed by atoms with Crippen LogP contribution < -0.4 is 5.32 Å². The van der Waals surface area contributed by atoms with Gasteiger partial charge in [0.2, 0.25) is 0 Å². The third-order valence-electron chi connectivity index (χ3n) is 4.71. The van der Waals surface area contributed by atoms with E-state index in [4.69, 9.17) is 9.90 Å². The number of rotatable bonds is 4. The first-order valence-electron chi connectivity index (χ1n) is 10.2. The Morgan fingerprint density at radius 2 is 1.90 bits per heavy atom. The van der Waals surface area contributed by atoms with E-state index in [2.05, 4.69) is 33.2 Å². The molecule has 0 bridgehead atoms. The van der Waals surface area contributed by atoms with Gasteiger partial charge in [0.15, 0.2) is 0 Å². The lowest BCUT2D eigenvalue weighted by atomic mass is 10.2. The number of aliphatic hydroxyl groups is 1. The molecule has 2 aliphatic heterocycles. The van der Waals surface area contributed by atoms with Crippen LogP contribution in [0.4, 0.5) is 4.79 Å². The lowest BCUT2D eigenvalue weighted by Gasteiger charge is -2.36. The average molecular weight is 432 g/mol. The molecule has 31 heavy (non-hydrogen) atoms. The van der Waals surface area contributed by atoms with E-state index in [-0.39, 0.29) is 18.3 Å². The van der Waals surface area contributed by atoms with Crippen molar-refractivity contribution in [2.75, 3.05) is 32.7 Å². The van der Waals surface area contributed by atoms with Crippen molar-refractivity contribution >= 4 is 24.6 Å². The van der Waals surface area contributed by atoms with Crippen molar-refractivity contribution in [2.24, 2.45) is 9.98 Å². The third-order valence-corrected chi connectivity index (χ3v) is 4.71. The topological polar surface area (TPSA) is 118 Å². The van der Waals surface area contributed by atoms with Crippen LogP contribution in [0, 0.1) is 0 Å². The van der Waals surface area contributed by atoms with Crippen LogP contribution in [0.1, 0.15) is 34.1 Å². The van der Waals surface area contributed by atoms with Crippen LogP contribution in [-0.2, 0) is 4.79 Å². The molecule has 3 N–H and O–H groups in total. The van der Waals surface area contributed by atoms with Gasteiger partial charge in [-0.3, -0.25) is 9.79 Å². The number of nitrogens with one attached hydrogen (secondary N) is 1. The summed E-state index contributed by atoms with van der Waals surface area (Å²) >= 11 is 0. The minimum absolute atomic E-state index is 0.0701. The Morgan fingerprint density at radius 1 is 1.26 bits per heavy atom. The highest BCUT2D eigenvalue weighted by Crippen LogP contribution is 2.11. The first-order valence-corrected chi connectivity index (χ1v) is 10.2. The second kappa shape index (κ2) is 13.8. The van der Waals surface area contributed by atoms with Gasteiger partial charge in [0.1, 0.15) is 11.6 Å². The highest BCUT2D eigenvalue weighted by molar-refractivity contribution is 6.30. The Bertz CT molecular complexity index is 801. The molecule has 2 heterocycles. The Kier molecular flexibility index (Phi) is 11.4. The maximum absolute atomic E-state index is 12.5. The molecule has 2 aliphatic rings. The van der Waals surface area contributed by atoms with E-state index in [0.717, 1.165) is 29.2 Å². The van der Waals surface area contributed by atoms with Crippen molar-refractivity contribution in [3.05, 3.63) is 47.0 Å². The van der Waals surface area contributed by atoms with Crippen molar-refractivity contribution in [2.45, 2.75) is 34.1 Å². The normalized spacial score (nSPS) is 18.9. The van der Waals surface area contributed by atoms with Crippen molar-refractivity contribution in [3.63, 3.8) is 0 Å². The number of carbonyl (C=O) groups excluding carboxylic acids is 1. The highest BCUT2D eigenvalue weighted by Gasteiger charge is 2.23. The first kappa shape index (κ1) is 25.7. The van der Waals surface area contributed by atoms with Crippen LogP contribution in [0.5, 0.6) is 0 Å². The number of piperazine rings is 1. The zero-order valence-corrected chi connectivity index (χ0v) is 18.7. The molecule has 1 saturated heterocycles. The summed E-state index contributed by atoms with van der Waals surface area (Å²) in [6.07, 6.45) is 10.1. The fraction of sp³-hybridized carbons (Fsp3) is 0.455. The summed E-state index contributed by atoms with van der Waals surface area (Å²) in [5, 5.41) is 19.5. The predicted molar refractivity (Wildman–Crippen MR) is 123 cm³/mol. The van der Waals surface area contributed by atoms with Gasteiger partial charge < -0.3 is 25.3 Å². The van der Waals surface area contributed by atoms with Gasteiger partial charge in [-0.05, 0) is 38.8 Å². The van der Waals surface area contributed by atoms with Gasteiger partial charge in [-0.1, -0.05) is 19.1 Å². The number of urea groups is 1. The van der Waals surface area contributed by atoms with E-state index in [0.29, 0.717) is 32.7 Å².